The molecule has 0 radical (unpaired) electrons. The number of aromatic nitrogens is 4. The highest BCUT2D eigenvalue weighted by Crippen LogP contribution is 2.39. The molecule has 3 fully saturated rings. The molecular weight excluding hydrogens is 318 g/mol. The number of carbonyl (C=O) groups is 1. The maximum atomic E-state index is 12.5. The minimum Gasteiger partial charge on any atom is -0.341 e. The van der Waals surface area contributed by atoms with Crippen LogP contribution in [0.3, 0.4) is 0 Å². The molecule has 1 amide bonds. The van der Waals surface area contributed by atoms with Crippen molar-refractivity contribution in [2.75, 3.05) is 19.6 Å². The summed E-state index contributed by atoms with van der Waals surface area (Å²) in [5.41, 5.74) is 8.07. The summed E-state index contributed by atoms with van der Waals surface area (Å²) in [5, 5.41) is 13.5. The Morgan fingerprint density at radius 2 is 1.88 bits per heavy atom. The van der Waals surface area contributed by atoms with Crippen molar-refractivity contribution in [3.8, 4) is 0 Å². The Morgan fingerprint density at radius 3 is 2.60 bits per heavy atom. The summed E-state index contributed by atoms with van der Waals surface area (Å²) in [6.07, 6.45) is 5.17. The maximum Gasteiger partial charge on any atom is 0.241 e. The van der Waals surface area contributed by atoms with E-state index in [1.165, 1.54) is 12.8 Å². The predicted octanol–water partition coefficient (Wildman–Crippen LogP) is 0.574. The van der Waals surface area contributed by atoms with Gasteiger partial charge in [0.1, 0.15) is 6.04 Å². The third kappa shape index (κ3) is 2.79. The van der Waals surface area contributed by atoms with Gasteiger partial charge in [-0.05, 0) is 44.2 Å². The predicted molar refractivity (Wildman–Crippen MR) is 90.9 cm³/mol. The van der Waals surface area contributed by atoms with Crippen LogP contribution in [0.5, 0.6) is 0 Å². The van der Waals surface area contributed by atoms with Crippen LogP contribution in [0.2, 0.25) is 0 Å². The lowest BCUT2D eigenvalue weighted by Gasteiger charge is -2.32. The Balaban J connectivity index is 1.31. The number of hydrogen-bond acceptors (Lipinski definition) is 6. The third-order valence-corrected chi connectivity index (χ3v) is 5.61. The van der Waals surface area contributed by atoms with Crippen molar-refractivity contribution < 1.29 is 4.79 Å². The van der Waals surface area contributed by atoms with Gasteiger partial charge in [-0.3, -0.25) is 10.2 Å². The number of likely N-dealkylation sites (tertiary alicyclic amines) is 1. The molecule has 2 aromatic heterocycles. The van der Waals surface area contributed by atoms with Crippen LogP contribution in [-0.2, 0) is 4.79 Å². The zero-order valence-corrected chi connectivity index (χ0v) is 14.2. The quantitative estimate of drug-likeness (QED) is 0.849. The van der Waals surface area contributed by atoms with E-state index in [0.717, 1.165) is 56.1 Å². The normalized spacial score (nSPS) is 25.0. The number of nitrogens with zero attached hydrogens (tertiary/aromatic N) is 5. The van der Waals surface area contributed by atoms with Crippen LogP contribution >= 0.6 is 0 Å². The summed E-state index contributed by atoms with van der Waals surface area (Å²) in [6.45, 7) is 2.41. The van der Waals surface area contributed by atoms with E-state index in [2.05, 4.69) is 27.1 Å². The molecule has 2 aromatic rings. The second-order valence-corrected chi connectivity index (χ2v) is 7.37. The number of hydrogen-bond donors (Lipinski definition) is 2. The highest BCUT2D eigenvalue weighted by atomic mass is 16.2. The molecule has 4 heterocycles. The van der Waals surface area contributed by atoms with Gasteiger partial charge in [0.25, 0.3) is 0 Å². The van der Waals surface area contributed by atoms with Gasteiger partial charge in [0.05, 0.1) is 5.69 Å². The minimum absolute atomic E-state index is 0.0757. The Kier molecular flexibility index (Phi) is 3.67. The van der Waals surface area contributed by atoms with Gasteiger partial charge in [-0.15, -0.1) is 10.2 Å². The molecule has 0 bridgehead atoms. The number of amides is 1. The van der Waals surface area contributed by atoms with Gasteiger partial charge < -0.3 is 4.90 Å². The first-order chi connectivity index (χ1) is 12.3. The minimum atomic E-state index is -0.0757. The van der Waals surface area contributed by atoms with Crippen molar-refractivity contribution in [3.05, 3.63) is 23.7 Å². The van der Waals surface area contributed by atoms with Crippen LogP contribution in [0, 0.1) is 0 Å². The molecule has 1 aliphatic carbocycles. The van der Waals surface area contributed by atoms with Crippen molar-refractivity contribution in [2.45, 2.75) is 50.0 Å². The first-order valence-corrected chi connectivity index (χ1v) is 9.29. The largest absolute Gasteiger partial charge is 0.341 e. The smallest absolute Gasteiger partial charge is 0.241 e. The van der Waals surface area contributed by atoms with E-state index in [1.807, 2.05) is 15.5 Å². The molecule has 1 unspecified atom stereocenters. The standard InChI is InChI=1S/C17H23N7O/c25-17(14-5-8-18-19-14)23-9-6-12(7-10-23)16-21-20-15-4-3-13(11-1-2-11)22-24(15)16/h3-4,11-12,14,18-19H,1-2,5-10H2. The molecular formula is C17H23N7O. The zero-order chi connectivity index (χ0) is 16.8. The fourth-order valence-corrected chi connectivity index (χ4v) is 3.92. The molecule has 2 saturated heterocycles. The van der Waals surface area contributed by atoms with Crippen LogP contribution in [0.25, 0.3) is 5.65 Å². The molecule has 0 aromatic carbocycles. The van der Waals surface area contributed by atoms with Crippen LogP contribution < -0.4 is 10.9 Å². The molecule has 132 valence electrons. The van der Waals surface area contributed by atoms with Gasteiger partial charge in [0, 0.05) is 31.5 Å². The second kappa shape index (κ2) is 6.03. The lowest BCUT2D eigenvalue weighted by atomic mass is 9.95. The highest BCUT2D eigenvalue weighted by Gasteiger charge is 2.32. The fourth-order valence-electron chi connectivity index (χ4n) is 3.92. The van der Waals surface area contributed by atoms with E-state index in [4.69, 9.17) is 5.10 Å². The van der Waals surface area contributed by atoms with Crippen molar-refractivity contribution in [2.24, 2.45) is 0 Å². The molecule has 25 heavy (non-hydrogen) atoms. The van der Waals surface area contributed by atoms with Crippen molar-refractivity contribution in [3.63, 3.8) is 0 Å². The molecule has 0 spiro atoms. The summed E-state index contributed by atoms with van der Waals surface area (Å²) < 4.78 is 1.93. The van der Waals surface area contributed by atoms with Gasteiger partial charge in [0.15, 0.2) is 11.5 Å². The molecule has 1 saturated carbocycles. The van der Waals surface area contributed by atoms with Gasteiger partial charge >= 0.3 is 0 Å². The Bertz CT molecular complexity index is 785. The number of piperidine rings is 1. The summed E-state index contributed by atoms with van der Waals surface area (Å²) >= 11 is 0. The second-order valence-electron chi connectivity index (χ2n) is 7.37. The molecule has 5 rings (SSSR count). The first kappa shape index (κ1) is 15.2. The molecule has 2 N–H and O–H groups in total. The fraction of sp³-hybridized carbons (Fsp3) is 0.647. The van der Waals surface area contributed by atoms with E-state index in [0.29, 0.717) is 11.8 Å². The summed E-state index contributed by atoms with van der Waals surface area (Å²) in [7, 11) is 0. The summed E-state index contributed by atoms with van der Waals surface area (Å²) in [4.78, 5) is 14.5. The van der Waals surface area contributed by atoms with E-state index in [-0.39, 0.29) is 11.9 Å². The number of hydrazine groups is 1. The van der Waals surface area contributed by atoms with Crippen LogP contribution in [0.15, 0.2) is 12.1 Å². The van der Waals surface area contributed by atoms with Gasteiger partial charge in [0.2, 0.25) is 5.91 Å². The van der Waals surface area contributed by atoms with Crippen molar-refractivity contribution in [1.29, 1.82) is 0 Å². The van der Waals surface area contributed by atoms with Crippen molar-refractivity contribution in [1.82, 2.24) is 35.6 Å². The number of rotatable bonds is 3. The average molecular weight is 341 g/mol. The monoisotopic (exact) mass is 341 g/mol. The Morgan fingerprint density at radius 1 is 1.04 bits per heavy atom. The summed E-state index contributed by atoms with van der Waals surface area (Å²) in [5.74, 6) is 2.09. The third-order valence-electron chi connectivity index (χ3n) is 5.61. The van der Waals surface area contributed by atoms with Crippen LogP contribution in [0.1, 0.15) is 55.5 Å². The number of carbonyl (C=O) groups excluding carboxylic acids is 1. The molecule has 2 aliphatic heterocycles. The van der Waals surface area contributed by atoms with Crippen molar-refractivity contribution >= 4 is 11.6 Å². The zero-order valence-electron chi connectivity index (χ0n) is 14.2. The maximum absolute atomic E-state index is 12.5. The van der Waals surface area contributed by atoms with Gasteiger partial charge in [-0.25, -0.2) is 5.43 Å². The molecule has 8 nitrogen and oxygen atoms in total. The van der Waals surface area contributed by atoms with Crippen LogP contribution in [-0.4, -0.2) is 56.3 Å². The number of fused-ring (bicyclic) bond motifs is 1. The van der Waals surface area contributed by atoms with E-state index < -0.39 is 0 Å². The number of nitrogens with one attached hydrogen (secondary N) is 2. The topological polar surface area (TPSA) is 87.5 Å². The van der Waals surface area contributed by atoms with E-state index in [9.17, 15) is 4.79 Å². The SMILES string of the molecule is O=C(C1CCNN1)N1CCC(c2nnc3ccc(C4CC4)nn23)CC1. The first-order valence-electron chi connectivity index (χ1n) is 9.29. The van der Waals surface area contributed by atoms with E-state index >= 15 is 0 Å². The lowest BCUT2D eigenvalue weighted by Crippen LogP contribution is -2.48. The highest BCUT2D eigenvalue weighted by molar-refractivity contribution is 5.82. The van der Waals surface area contributed by atoms with Crippen LogP contribution in [0.4, 0.5) is 0 Å². The summed E-state index contributed by atoms with van der Waals surface area (Å²) in [6, 6.07) is 4.03. The Hall–Kier alpha value is -2.06. The van der Waals surface area contributed by atoms with E-state index in [1.54, 1.807) is 0 Å². The van der Waals surface area contributed by atoms with Gasteiger partial charge in [-0.2, -0.15) is 9.61 Å². The molecule has 1 atom stereocenters. The molecule has 3 aliphatic rings. The lowest BCUT2D eigenvalue weighted by molar-refractivity contribution is -0.134. The molecule has 8 heteroatoms. The Labute approximate surface area is 145 Å². The average Bonchev–Trinajstić information content (AvgIpc) is 3.20. The van der Waals surface area contributed by atoms with Gasteiger partial charge in [-0.1, -0.05) is 0 Å².